The fourth-order valence-electron chi connectivity index (χ4n) is 7.58. The zero-order valence-corrected chi connectivity index (χ0v) is 27.3. The van der Waals surface area contributed by atoms with Gasteiger partial charge in [0.25, 0.3) is 0 Å². The van der Waals surface area contributed by atoms with Gasteiger partial charge in [0.2, 0.25) is 0 Å². The van der Waals surface area contributed by atoms with Gasteiger partial charge in [0.1, 0.15) is 0 Å². The van der Waals surface area contributed by atoms with Crippen LogP contribution in [-0.2, 0) is 12.8 Å². The number of thiophene rings is 1. The quantitative estimate of drug-likeness (QED) is 0.185. The highest BCUT2D eigenvalue weighted by atomic mass is 32.1. The van der Waals surface area contributed by atoms with Crippen LogP contribution in [0.5, 0.6) is 0 Å². The smallest absolute Gasteiger partial charge is 0.0464 e. The van der Waals surface area contributed by atoms with Crippen molar-refractivity contribution in [2.45, 2.75) is 26.2 Å². The van der Waals surface area contributed by atoms with E-state index in [1.165, 1.54) is 76.1 Å². The van der Waals surface area contributed by atoms with E-state index in [4.69, 9.17) is 0 Å². The number of benzene rings is 6. The van der Waals surface area contributed by atoms with Crippen LogP contribution in [-0.4, -0.2) is 0 Å². The van der Waals surface area contributed by atoms with Crippen molar-refractivity contribution in [3.8, 4) is 22.3 Å². The van der Waals surface area contributed by atoms with Crippen molar-refractivity contribution in [3.05, 3.63) is 168 Å². The molecule has 1 unspecified atom stereocenters. The van der Waals surface area contributed by atoms with Gasteiger partial charge in [-0.15, -0.1) is 11.3 Å². The third-order valence-corrected chi connectivity index (χ3v) is 11.1. The SMILES string of the molecule is CC1C=CC=C(c2ccc(N(c3ccc(-c4ccccc4)cc3)c3ccc4c(c3)CCc3ccc5sc6ccccc6c5c3-4)cc2)C1. The second kappa shape index (κ2) is 11.6. The van der Waals surface area contributed by atoms with Gasteiger partial charge in [-0.3, -0.25) is 0 Å². The largest absolute Gasteiger partial charge is 0.310 e. The summed E-state index contributed by atoms with van der Waals surface area (Å²) in [6, 6.07) is 49.6. The first-order chi connectivity index (χ1) is 23.2. The number of fused-ring (bicyclic) bond motifs is 7. The Kier molecular flexibility index (Phi) is 6.91. The number of allylic oxidation sites excluding steroid dienone is 4. The van der Waals surface area contributed by atoms with Crippen LogP contribution < -0.4 is 4.90 Å². The minimum atomic E-state index is 0.572. The number of hydrogen-bond donors (Lipinski definition) is 0. The van der Waals surface area contributed by atoms with Crippen molar-refractivity contribution in [1.29, 1.82) is 0 Å². The summed E-state index contributed by atoms with van der Waals surface area (Å²) >= 11 is 1.91. The Morgan fingerprint density at radius 2 is 1.28 bits per heavy atom. The van der Waals surface area contributed by atoms with Crippen LogP contribution in [0.2, 0.25) is 0 Å². The maximum Gasteiger partial charge on any atom is 0.0464 e. The topological polar surface area (TPSA) is 3.24 Å². The zero-order valence-electron chi connectivity index (χ0n) is 26.5. The Morgan fingerprint density at radius 1 is 0.596 bits per heavy atom. The van der Waals surface area contributed by atoms with Crippen molar-refractivity contribution in [3.63, 3.8) is 0 Å². The number of anilines is 3. The molecule has 1 heterocycles. The summed E-state index contributed by atoms with van der Waals surface area (Å²) in [4.78, 5) is 2.42. The van der Waals surface area contributed by atoms with E-state index in [1.54, 1.807) is 0 Å². The molecule has 47 heavy (non-hydrogen) atoms. The number of hydrogen-bond acceptors (Lipinski definition) is 2. The van der Waals surface area contributed by atoms with Crippen LogP contribution in [0.4, 0.5) is 17.1 Å². The predicted octanol–water partition coefficient (Wildman–Crippen LogP) is 12.9. The minimum absolute atomic E-state index is 0.572. The first-order valence-electron chi connectivity index (χ1n) is 16.7. The Balaban J connectivity index is 1.16. The van der Waals surface area contributed by atoms with E-state index in [0.717, 1.165) is 24.9 Å². The number of nitrogens with zero attached hydrogens (tertiary/aromatic N) is 1. The lowest BCUT2D eigenvalue weighted by atomic mass is 9.83. The summed E-state index contributed by atoms with van der Waals surface area (Å²) in [6.45, 7) is 2.29. The number of rotatable bonds is 5. The second-order valence-corrected chi connectivity index (χ2v) is 14.0. The molecule has 0 amide bonds. The molecule has 2 aliphatic rings. The molecular formula is C45H35NS. The zero-order chi connectivity index (χ0) is 31.3. The minimum Gasteiger partial charge on any atom is -0.310 e. The molecule has 7 aromatic rings. The maximum atomic E-state index is 2.45. The molecule has 0 saturated heterocycles. The molecule has 6 aromatic carbocycles. The lowest BCUT2D eigenvalue weighted by molar-refractivity contribution is 0.749. The van der Waals surface area contributed by atoms with E-state index < -0.39 is 0 Å². The first-order valence-corrected chi connectivity index (χ1v) is 17.5. The second-order valence-electron chi connectivity index (χ2n) is 13.0. The molecule has 0 fully saturated rings. The molecule has 9 rings (SSSR count). The lowest BCUT2D eigenvalue weighted by Crippen LogP contribution is -2.12. The van der Waals surface area contributed by atoms with Crippen LogP contribution in [0.3, 0.4) is 0 Å². The lowest BCUT2D eigenvalue weighted by Gasteiger charge is -2.29. The van der Waals surface area contributed by atoms with Crippen molar-refractivity contribution < 1.29 is 0 Å². The van der Waals surface area contributed by atoms with Crippen LogP contribution in [0, 0.1) is 5.92 Å². The van der Waals surface area contributed by atoms with Crippen LogP contribution in [0.15, 0.2) is 152 Å². The molecule has 226 valence electrons. The Labute approximate surface area is 280 Å². The first kappa shape index (κ1) is 28.1. The third-order valence-electron chi connectivity index (χ3n) is 9.92. The fourth-order valence-corrected chi connectivity index (χ4v) is 8.69. The summed E-state index contributed by atoms with van der Waals surface area (Å²) in [5, 5.41) is 2.79. The normalized spacial score (nSPS) is 15.3. The molecule has 1 atom stereocenters. The molecule has 0 N–H and O–H groups in total. The molecule has 0 saturated carbocycles. The Bertz CT molecular complexity index is 2320. The van der Waals surface area contributed by atoms with E-state index in [0.29, 0.717) is 5.92 Å². The molecule has 0 radical (unpaired) electrons. The molecule has 0 bridgehead atoms. The van der Waals surface area contributed by atoms with Crippen LogP contribution in [0.1, 0.15) is 30.0 Å². The fraction of sp³-hybridized carbons (Fsp3) is 0.111. The molecule has 1 nitrogen and oxygen atoms in total. The molecular weight excluding hydrogens is 587 g/mol. The summed E-state index contributed by atoms with van der Waals surface area (Å²) in [7, 11) is 0. The summed E-state index contributed by atoms with van der Waals surface area (Å²) in [6.07, 6.45) is 9.95. The molecule has 2 heteroatoms. The van der Waals surface area contributed by atoms with Gasteiger partial charge >= 0.3 is 0 Å². The van der Waals surface area contributed by atoms with Gasteiger partial charge in [-0.1, -0.05) is 110 Å². The maximum absolute atomic E-state index is 2.45. The van der Waals surface area contributed by atoms with E-state index in [2.05, 4.69) is 164 Å². The summed E-state index contributed by atoms with van der Waals surface area (Å²) < 4.78 is 2.74. The van der Waals surface area contributed by atoms with Gasteiger partial charge in [0, 0.05) is 37.2 Å². The average Bonchev–Trinajstić information content (AvgIpc) is 3.51. The van der Waals surface area contributed by atoms with Gasteiger partial charge in [0.15, 0.2) is 0 Å². The van der Waals surface area contributed by atoms with Gasteiger partial charge in [-0.25, -0.2) is 0 Å². The molecule has 0 aliphatic heterocycles. The predicted molar refractivity (Wildman–Crippen MR) is 203 cm³/mol. The highest BCUT2D eigenvalue weighted by Gasteiger charge is 2.23. The highest BCUT2D eigenvalue weighted by molar-refractivity contribution is 7.25. The van der Waals surface area contributed by atoms with E-state index in [9.17, 15) is 0 Å². The molecule has 0 spiro atoms. The molecule has 1 aromatic heterocycles. The average molecular weight is 622 g/mol. The Hall–Kier alpha value is -5.18. The third kappa shape index (κ3) is 5.01. The van der Waals surface area contributed by atoms with Gasteiger partial charge in [-0.05, 0) is 118 Å². The van der Waals surface area contributed by atoms with E-state index >= 15 is 0 Å². The monoisotopic (exact) mass is 621 g/mol. The highest BCUT2D eigenvalue weighted by Crippen LogP contribution is 2.47. The summed E-state index contributed by atoms with van der Waals surface area (Å²) in [5.41, 5.74) is 14.4. The van der Waals surface area contributed by atoms with Gasteiger partial charge in [0.05, 0.1) is 0 Å². The van der Waals surface area contributed by atoms with Crippen molar-refractivity contribution in [1.82, 2.24) is 0 Å². The molecule has 2 aliphatic carbocycles. The van der Waals surface area contributed by atoms with Gasteiger partial charge < -0.3 is 4.90 Å². The van der Waals surface area contributed by atoms with Crippen molar-refractivity contribution in [2.75, 3.05) is 4.90 Å². The van der Waals surface area contributed by atoms with Crippen LogP contribution in [0.25, 0.3) is 48.0 Å². The standard InChI is InChI=1S/C45H35NS/c1-30-8-7-11-35(28-30)33-18-23-38(24-19-33)46(37-21-16-32(17-22-37)31-9-3-2-4-10-31)39-25-26-40-36(29-39)15-14-34-20-27-43-45(44(34)40)41-12-5-6-13-42(41)47-43/h2-13,16-27,29-30H,14-15,28H2,1H3. The number of aryl methyl sites for hydroxylation is 2. The van der Waals surface area contributed by atoms with Crippen molar-refractivity contribution in [2.24, 2.45) is 5.92 Å². The van der Waals surface area contributed by atoms with E-state index in [1.807, 2.05) is 11.3 Å². The summed E-state index contributed by atoms with van der Waals surface area (Å²) in [5.74, 6) is 0.572. The Morgan fingerprint density at radius 3 is 2.06 bits per heavy atom. The van der Waals surface area contributed by atoms with Crippen LogP contribution >= 0.6 is 11.3 Å². The van der Waals surface area contributed by atoms with Gasteiger partial charge in [-0.2, -0.15) is 0 Å². The van der Waals surface area contributed by atoms with E-state index in [-0.39, 0.29) is 0 Å². The van der Waals surface area contributed by atoms with Crippen molar-refractivity contribution >= 4 is 54.1 Å².